The number of likely N-dealkylation sites (tertiary alicyclic amines) is 1. The summed E-state index contributed by atoms with van der Waals surface area (Å²) in [5.41, 5.74) is -0.485. The van der Waals surface area contributed by atoms with Gasteiger partial charge in [0.25, 0.3) is 5.88 Å². The zero-order valence-corrected chi connectivity index (χ0v) is 12.6. The topological polar surface area (TPSA) is 77.5 Å². The third-order valence-electron chi connectivity index (χ3n) is 4.53. The van der Waals surface area contributed by atoms with Crippen LogP contribution in [0.2, 0.25) is 0 Å². The van der Waals surface area contributed by atoms with E-state index in [-0.39, 0.29) is 10.8 Å². The average molecular weight is 309 g/mol. The SMILES string of the molecule is O=[S+]1([O-])NCC2(CCN(CC3CC3)C2)Oc2ncccc21. The number of nitrogens with zero attached hydrogens (tertiary/aromatic N) is 2. The number of pyridine rings is 1. The highest BCUT2D eigenvalue weighted by Crippen LogP contribution is 2.37. The summed E-state index contributed by atoms with van der Waals surface area (Å²) in [5, 5.41) is 0. The van der Waals surface area contributed by atoms with E-state index in [1.165, 1.54) is 12.8 Å². The molecule has 0 aromatic carbocycles. The highest BCUT2D eigenvalue weighted by atomic mass is 32.3. The molecule has 1 saturated carbocycles. The second-order valence-electron chi connectivity index (χ2n) is 6.34. The first-order chi connectivity index (χ1) is 10.1. The number of ether oxygens (including phenoxy) is 1. The van der Waals surface area contributed by atoms with Crippen molar-refractivity contribution in [2.75, 3.05) is 26.2 Å². The van der Waals surface area contributed by atoms with E-state index in [0.717, 1.165) is 32.0 Å². The van der Waals surface area contributed by atoms with E-state index in [2.05, 4.69) is 14.6 Å². The maximum absolute atomic E-state index is 12.3. The lowest BCUT2D eigenvalue weighted by Crippen LogP contribution is -2.48. The Kier molecular flexibility index (Phi) is 3.08. The highest BCUT2D eigenvalue weighted by Gasteiger charge is 2.47. The van der Waals surface area contributed by atoms with Gasteiger partial charge < -0.3 is 9.29 Å². The van der Waals surface area contributed by atoms with Crippen molar-refractivity contribution in [3.8, 4) is 5.88 Å². The minimum atomic E-state index is -3.53. The van der Waals surface area contributed by atoms with Crippen LogP contribution in [0.4, 0.5) is 0 Å². The van der Waals surface area contributed by atoms with E-state index < -0.39 is 16.0 Å². The Labute approximate surface area is 125 Å². The molecule has 1 aromatic heterocycles. The fourth-order valence-corrected chi connectivity index (χ4v) is 4.37. The molecule has 3 heterocycles. The van der Waals surface area contributed by atoms with Gasteiger partial charge in [0.2, 0.25) is 4.90 Å². The van der Waals surface area contributed by atoms with E-state index >= 15 is 0 Å². The zero-order valence-electron chi connectivity index (χ0n) is 11.8. The lowest BCUT2D eigenvalue weighted by molar-refractivity contribution is 0.0751. The van der Waals surface area contributed by atoms with Gasteiger partial charge >= 0.3 is 0 Å². The molecule has 1 saturated heterocycles. The molecule has 1 aromatic rings. The van der Waals surface area contributed by atoms with Crippen LogP contribution < -0.4 is 9.46 Å². The summed E-state index contributed by atoms with van der Waals surface area (Å²) in [4.78, 5) is 6.66. The molecule has 114 valence electrons. The number of fused-ring (bicyclic) bond motifs is 1. The summed E-state index contributed by atoms with van der Waals surface area (Å²) in [7, 11) is -3.53. The fraction of sp³-hybridized carbons (Fsp3) is 0.643. The Hall–Kier alpha value is -1.02. The number of hydrogen-bond acceptors (Lipinski definition) is 5. The van der Waals surface area contributed by atoms with E-state index in [1.54, 1.807) is 18.3 Å². The normalized spacial score (nSPS) is 36.2. The van der Waals surface area contributed by atoms with Crippen LogP contribution >= 0.6 is 0 Å². The van der Waals surface area contributed by atoms with E-state index in [0.29, 0.717) is 6.54 Å². The lowest BCUT2D eigenvalue weighted by atomic mass is 10.0. The van der Waals surface area contributed by atoms with Gasteiger partial charge in [-0.1, -0.05) is 4.21 Å². The van der Waals surface area contributed by atoms with Crippen LogP contribution in [0.5, 0.6) is 5.88 Å². The minimum absolute atomic E-state index is 0.141. The summed E-state index contributed by atoms with van der Waals surface area (Å²) in [5.74, 6) is 1.06. The number of sulfonamides is 1. The van der Waals surface area contributed by atoms with Gasteiger partial charge in [0.1, 0.15) is 5.60 Å². The van der Waals surface area contributed by atoms with Gasteiger partial charge in [-0.3, -0.25) is 4.90 Å². The molecule has 3 aliphatic rings. The molecule has 2 atom stereocenters. The van der Waals surface area contributed by atoms with Crippen molar-refractivity contribution < 1.29 is 13.5 Å². The fourth-order valence-electron chi connectivity index (χ4n) is 3.18. The third-order valence-corrected chi connectivity index (χ3v) is 5.95. The maximum atomic E-state index is 12.3. The largest absolute Gasteiger partial charge is 0.593 e. The van der Waals surface area contributed by atoms with Crippen molar-refractivity contribution in [2.45, 2.75) is 29.8 Å². The van der Waals surface area contributed by atoms with Crippen LogP contribution in [0.1, 0.15) is 19.3 Å². The Balaban J connectivity index is 1.60. The standard InChI is InChI=1S/C14H19N3O3S/c18-21(19)12-2-1-6-15-13(12)20-14(9-16-21)5-7-17(10-14)8-11-3-4-11/h1-2,6,11H,3-5,7-10H2,(H-,16,18,19). The van der Waals surface area contributed by atoms with Crippen molar-refractivity contribution in [3.05, 3.63) is 18.3 Å². The molecule has 1 aliphatic carbocycles. The van der Waals surface area contributed by atoms with Crippen LogP contribution in [0.15, 0.2) is 23.2 Å². The molecular formula is C14H19N3O3S. The van der Waals surface area contributed by atoms with Gasteiger partial charge in [-0.25, -0.2) is 4.98 Å². The van der Waals surface area contributed by atoms with E-state index in [4.69, 9.17) is 4.74 Å². The predicted octanol–water partition coefficient (Wildman–Crippen LogP) is 0.822. The van der Waals surface area contributed by atoms with Gasteiger partial charge in [0.15, 0.2) is 10.4 Å². The molecule has 6 nitrogen and oxygen atoms in total. The van der Waals surface area contributed by atoms with Crippen LogP contribution in [-0.2, 0) is 14.6 Å². The lowest BCUT2D eigenvalue weighted by Gasteiger charge is -2.27. The number of aromatic nitrogens is 1. The average Bonchev–Trinajstić information content (AvgIpc) is 3.19. The Morgan fingerprint density at radius 3 is 3.24 bits per heavy atom. The summed E-state index contributed by atoms with van der Waals surface area (Å²) in [6.07, 6.45) is 5.05. The molecule has 1 N–H and O–H groups in total. The summed E-state index contributed by atoms with van der Waals surface area (Å²) < 4.78 is 33.3. The van der Waals surface area contributed by atoms with Gasteiger partial charge in [-0.15, -0.1) is 4.72 Å². The molecule has 2 unspecified atom stereocenters. The molecule has 0 radical (unpaired) electrons. The van der Waals surface area contributed by atoms with Gasteiger partial charge in [0.05, 0.1) is 6.54 Å². The zero-order chi connectivity index (χ0) is 14.5. The molecule has 2 fully saturated rings. The van der Waals surface area contributed by atoms with E-state index in [9.17, 15) is 8.76 Å². The second kappa shape index (κ2) is 4.74. The smallest absolute Gasteiger partial charge is 0.272 e. The predicted molar refractivity (Wildman–Crippen MR) is 76.5 cm³/mol. The molecule has 4 rings (SSSR count). The van der Waals surface area contributed by atoms with Crippen molar-refractivity contribution >= 4 is 10.4 Å². The highest BCUT2D eigenvalue weighted by molar-refractivity contribution is 7.95. The molecule has 1 spiro atoms. The van der Waals surface area contributed by atoms with Crippen LogP contribution in [0.25, 0.3) is 0 Å². The van der Waals surface area contributed by atoms with Crippen LogP contribution in [0.3, 0.4) is 0 Å². The molecule has 0 amide bonds. The van der Waals surface area contributed by atoms with Crippen molar-refractivity contribution in [2.24, 2.45) is 5.92 Å². The number of nitrogens with one attached hydrogen (secondary N) is 1. The second-order valence-corrected chi connectivity index (χ2v) is 8.08. The number of hydrogen-bond donors (Lipinski definition) is 1. The summed E-state index contributed by atoms with van der Waals surface area (Å²) >= 11 is 0. The molecule has 0 bridgehead atoms. The van der Waals surface area contributed by atoms with Crippen LogP contribution in [-0.4, -0.2) is 46.2 Å². The first-order valence-electron chi connectivity index (χ1n) is 7.42. The Morgan fingerprint density at radius 1 is 1.57 bits per heavy atom. The first-order valence-corrected chi connectivity index (χ1v) is 8.91. The maximum Gasteiger partial charge on any atom is 0.272 e. The van der Waals surface area contributed by atoms with Gasteiger partial charge in [-0.05, 0) is 24.8 Å². The summed E-state index contributed by atoms with van der Waals surface area (Å²) in [6.45, 7) is 3.14. The summed E-state index contributed by atoms with van der Waals surface area (Å²) in [6, 6.07) is 3.16. The van der Waals surface area contributed by atoms with Crippen molar-refractivity contribution in [1.82, 2.24) is 14.6 Å². The van der Waals surface area contributed by atoms with E-state index in [1.807, 2.05) is 0 Å². The first kappa shape index (κ1) is 13.6. The van der Waals surface area contributed by atoms with Crippen molar-refractivity contribution in [1.29, 1.82) is 0 Å². The van der Waals surface area contributed by atoms with Crippen molar-refractivity contribution in [3.63, 3.8) is 0 Å². The van der Waals surface area contributed by atoms with Gasteiger partial charge in [-0.2, -0.15) is 0 Å². The van der Waals surface area contributed by atoms with Crippen LogP contribution in [0, 0.1) is 5.92 Å². The quantitative estimate of drug-likeness (QED) is 0.819. The molecule has 2 aliphatic heterocycles. The Bertz CT molecular complexity index is 607. The number of rotatable bonds is 2. The monoisotopic (exact) mass is 309 g/mol. The molecule has 21 heavy (non-hydrogen) atoms. The molecular weight excluding hydrogens is 290 g/mol. The van der Waals surface area contributed by atoms with Gasteiger partial charge in [0, 0.05) is 38.3 Å². The molecule has 7 heteroatoms. The Morgan fingerprint density at radius 2 is 2.43 bits per heavy atom. The minimum Gasteiger partial charge on any atom is -0.593 e. The third kappa shape index (κ3) is 2.59.